The highest BCUT2D eigenvalue weighted by molar-refractivity contribution is 7.52. The van der Waals surface area contributed by atoms with Crippen LogP contribution in [0.15, 0.2) is 30.3 Å². The largest absolute Gasteiger partial charge is 0.466 e. The van der Waals surface area contributed by atoms with Gasteiger partial charge in [-0.3, -0.25) is 4.57 Å². The fraction of sp³-hybridized carbons (Fsp3) is 0.182. The molecule has 0 aliphatic heterocycles. The molecule has 19 heavy (non-hydrogen) atoms. The van der Waals surface area contributed by atoms with Crippen molar-refractivity contribution < 1.29 is 32.7 Å². The summed E-state index contributed by atoms with van der Waals surface area (Å²) in [4.78, 5) is 28.1. The number of halogens is 2. The lowest BCUT2D eigenvalue weighted by atomic mass is 10.1. The number of carbonyl (C=O) groups is 1. The number of methoxy groups -OCH3 is 1. The summed E-state index contributed by atoms with van der Waals surface area (Å²) < 4.78 is 41.9. The lowest BCUT2D eigenvalue weighted by Crippen LogP contribution is -2.13. The molecule has 0 aliphatic rings. The van der Waals surface area contributed by atoms with Crippen LogP contribution in [0.5, 0.6) is 0 Å². The zero-order chi connectivity index (χ0) is 14.7. The van der Waals surface area contributed by atoms with Crippen LogP contribution in [0.3, 0.4) is 0 Å². The molecule has 0 unspecified atom stereocenters. The van der Waals surface area contributed by atoms with Crippen LogP contribution in [0.1, 0.15) is 11.1 Å². The molecule has 0 aliphatic carbocycles. The SMILES string of the molecule is COC(=O)/C=C\c1cccc(C(F)(F)P(=O)(O)O)c1. The van der Waals surface area contributed by atoms with E-state index in [2.05, 4.69) is 4.74 Å². The van der Waals surface area contributed by atoms with Crippen molar-refractivity contribution >= 4 is 19.6 Å². The Hall–Kier alpha value is -1.56. The number of esters is 1. The van der Waals surface area contributed by atoms with Crippen LogP contribution in [-0.2, 0) is 19.8 Å². The van der Waals surface area contributed by atoms with Gasteiger partial charge in [0.2, 0.25) is 0 Å². The molecule has 104 valence electrons. The molecule has 5 nitrogen and oxygen atoms in total. The van der Waals surface area contributed by atoms with Crippen LogP contribution in [0.4, 0.5) is 8.78 Å². The Morgan fingerprint density at radius 1 is 1.42 bits per heavy atom. The molecule has 2 N–H and O–H groups in total. The van der Waals surface area contributed by atoms with Crippen LogP contribution < -0.4 is 0 Å². The first-order valence-corrected chi connectivity index (χ1v) is 6.60. The normalized spacial score (nSPS) is 12.7. The molecular weight excluding hydrogens is 281 g/mol. The summed E-state index contributed by atoms with van der Waals surface area (Å²) in [6.45, 7) is 0. The maximum Gasteiger partial charge on any atom is 0.399 e. The number of hydrogen-bond acceptors (Lipinski definition) is 3. The van der Waals surface area contributed by atoms with Crippen molar-refractivity contribution in [1.29, 1.82) is 0 Å². The molecule has 0 aromatic heterocycles. The van der Waals surface area contributed by atoms with E-state index in [-0.39, 0.29) is 5.56 Å². The lowest BCUT2D eigenvalue weighted by molar-refractivity contribution is -0.134. The number of benzene rings is 1. The molecule has 1 aromatic carbocycles. The summed E-state index contributed by atoms with van der Waals surface area (Å²) in [6, 6.07) is 4.39. The molecule has 0 saturated heterocycles. The Bertz CT molecular complexity index is 550. The minimum atomic E-state index is -5.60. The maximum atomic E-state index is 13.4. The van der Waals surface area contributed by atoms with E-state index in [1.165, 1.54) is 18.2 Å². The zero-order valence-corrected chi connectivity index (χ0v) is 10.7. The summed E-state index contributed by atoms with van der Waals surface area (Å²) in [6.07, 6.45) is 2.21. The van der Waals surface area contributed by atoms with Gasteiger partial charge in [-0.1, -0.05) is 18.2 Å². The zero-order valence-electron chi connectivity index (χ0n) is 9.79. The van der Waals surface area contributed by atoms with E-state index in [1.54, 1.807) is 0 Å². The van der Waals surface area contributed by atoms with Crippen LogP contribution in [0.25, 0.3) is 6.08 Å². The standard InChI is InChI=1S/C11H11F2O5P/c1-18-10(14)6-5-8-3-2-4-9(7-8)11(12,13)19(15,16)17/h2-7H,1H3,(H2,15,16,17)/b6-5-. The van der Waals surface area contributed by atoms with E-state index >= 15 is 0 Å². The Morgan fingerprint density at radius 3 is 2.58 bits per heavy atom. The molecule has 0 spiro atoms. The third-order valence-electron chi connectivity index (χ3n) is 2.21. The predicted molar refractivity (Wildman–Crippen MR) is 63.4 cm³/mol. The van der Waals surface area contributed by atoms with Gasteiger partial charge in [-0.25, -0.2) is 4.79 Å². The highest BCUT2D eigenvalue weighted by Gasteiger charge is 2.50. The summed E-state index contributed by atoms with van der Waals surface area (Å²) in [5.41, 5.74) is -4.91. The second-order valence-electron chi connectivity index (χ2n) is 3.57. The van der Waals surface area contributed by atoms with Gasteiger partial charge in [0.25, 0.3) is 0 Å². The fourth-order valence-electron chi connectivity index (χ4n) is 1.23. The Kier molecular flexibility index (Phi) is 4.57. The number of rotatable bonds is 4. The van der Waals surface area contributed by atoms with Crippen molar-refractivity contribution in [2.45, 2.75) is 5.66 Å². The molecule has 0 saturated carbocycles. The molecule has 1 rings (SSSR count). The van der Waals surface area contributed by atoms with Gasteiger partial charge >= 0.3 is 19.2 Å². The second-order valence-corrected chi connectivity index (χ2v) is 5.22. The molecule has 0 fully saturated rings. The van der Waals surface area contributed by atoms with E-state index in [0.29, 0.717) is 0 Å². The van der Waals surface area contributed by atoms with Crippen molar-refractivity contribution in [1.82, 2.24) is 0 Å². The minimum absolute atomic E-state index is 0.191. The summed E-state index contributed by atoms with van der Waals surface area (Å²) in [5, 5.41) is 0. The average Bonchev–Trinajstić information content (AvgIpc) is 2.35. The first kappa shape index (κ1) is 15.5. The van der Waals surface area contributed by atoms with Gasteiger partial charge in [0.1, 0.15) is 0 Å². The number of carbonyl (C=O) groups excluding carboxylic acids is 1. The quantitative estimate of drug-likeness (QED) is 0.504. The molecule has 1 aromatic rings. The van der Waals surface area contributed by atoms with Crippen molar-refractivity contribution in [3.63, 3.8) is 0 Å². The Balaban J connectivity index is 3.11. The van der Waals surface area contributed by atoms with Crippen LogP contribution in [0, 0.1) is 0 Å². The number of hydrogen-bond donors (Lipinski definition) is 2. The summed E-state index contributed by atoms with van der Waals surface area (Å²) >= 11 is 0. The van der Waals surface area contributed by atoms with Gasteiger partial charge in [-0.2, -0.15) is 8.78 Å². The highest BCUT2D eigenvalue weighted by atomic mass is 31.2. The van der Waals surface area contributed by atoms with Crippen LogP contribution in [0.2, 0.25) is 0 Å². The van der Waals surface area contributed by atoms with Gasteiger partial charge in [0.05, 0.1) is 7.11 Å². The van der Waals surface area contributed by atoms with E-state index in [1.807, 2.05) is 0 Å². The minimum Gasteiger partial charge on any atom is -0.466 e. The van der Waals surface area contributed by atoms with Gasteiger partial charge in [0, 0.05) is 11.6 Å². The van der Waals surface area contributed by atoms with Crippen molar-refractivity contribution in [3.05, 3.63) is 41.5 Å². The maximum absolute atomic E-state index is 13.4. The van der Waals surface area contributed by atoms with E-state index < -0.39 is 24.8 Å². The number of ether oxygens (including phenoxy) is 1. The van der Waals surface area contributed by atoms with Gasteiger partial charge < -0.3 is 14.5 Å². The fourth-order valence-corrected chi connectivity index (χ4v) is 1.71. The van der Waals surface area contributed by atoms with E-state index in [9.17, 15) is 18.1 Å². The molecule has 0 amide bonds. The third-order valence-corrected chi connectivity index (χ3v) is 3.20. The van der Waals surface area contributed by atoms with Gasteiger partial charge in [-0.15, -0.1) is 0 Å². The Labute approximate surface area is 107 Å². The van der Waals surface area contributed by atoms with Crippen LogP contribution in [-0.4, -0.2) is 22.9 Å². The molecule has 8 heteroatoms. The predicted octanol–water partition coefficient (Wildman–Crippen LogP) is 2.10. The van der Waals surface area contributed by atoms with Crippen molar-refractivity contribution in [3.8, 4) is 0 Å². The summed E-state index contributed by atoms with van der Waals surface area (Å²) in [5.74, 6) is -0.674. The molecule has 0 heterocycles. The smallest absolute Gasteiger partial charge is 0.399 e. The average molecular weight is 292 g/mol. The monoisotopic (exact) mass is 292 g/mol. The first-order valence-electron chi connectivity index (χ1n) is 4.98. The highest BCUT2D eigenvalue weighted by Crippen LogP contribution is 2.59. The third kappa shape index (κ3) is 3.70. The van der Waals surface area contributed by atoms with E-state index in [0.717, 1.165) is 25.3 Å². The molecule has 0 bridgehead atoms. The van der Waals surface area contributed by atoms with Crippen LogP contribution >= 0.6 is 7.60 Å². The summed E-state index contributed by atoms with van der Waals surface area (Å²) in [7, 11) is -4.45. The van der Waals surface area contributed by atoms with Crippen molar-refractivity contribution in [2.75, 3.05) is 7.11 Å². The molecule has 0 atom stereocenters. The number of alkyl halides is 2. The molecular formula is C11H11F2O5P. The first-order chi connectivity index (χ1) is 8.68. The van der Waals surface area contributed by atoms with E-state index in [4.69, 9.17) is 9.79 Å². The topological polar surface area (TPSA) is 83.8 Å². The second kappa shape index (κ2) is 5.61. The molecule has 0 radical (unpaired) electrons. The van der Waals surface area contributed by atoms with Gasteiger partial charge in [-0.05, 0) is 17.7 Å². The Morgan fingerprint density at radius 2 is 2.05 bits per heavy atom. The van der Waals surface area contributed by atoms with Gasteiger partial charge in [0.15, 0.2) is 0 Å². The van der Waals surface area contributed by atoms with Crippen molar-refractivity contribution in [2.24, 2.45) is 0 Å². The lowest BCUT2D eigenvalue weighted by Gasteiger charge is -2.18.